The maximum atomic E-state index is 13.5. The molecule has 0 aliphatic carbocycles. The van der Waals surface area contributed by atoms with E-state index in [-0.39, 0.29) is 24.0 Å². The number of nitrogens with zero attached hydrogens (tertiary/aromatic N) is 2. The molecule has 0 saturated heterocycles. The van der Waals surface area contributed by atoms with Gasteiger partial charge in [0.1, 0.15) is 12.2 Å². The first kappa shape index (κ1) is 14.0. The minimum atomic E-state index is -1.08. The van der Waals surface area contributed by atoms with Crippen molar-refractivity contribution in [2.75, 3.05) is 0 Å². The molecule has 0 bridgehead atoms. The van der Waals surface area contributed by atoms with E-state index in [1.807, 2.05) is 13.8 Å². The van der Waals surface area contributed by atoms with Crippen LogP contribution < -0.4 is 4.74 Å². The third-order valence-electron chi connectivity index (χ3n) is 2.82. The second-order valence-electron chi connectivity index (χ2n) is 4.57. The highest BCUT2D eigenvalue weighted by Crippen LogP contribution is 2.20. The summed E-state index contributed by atoms with van der Waals surface area (Å²) in [6.45, 7) is 3.71. The molecule has 1 N–H and O–H groups in total. The maximum absolute atomic E-state index is 13.5. The van der Waals surface area contributed by atoms with Crippen molar-refractivity contribution in [1.29, 1.82) is 0 Å². The van der Waals surface area contributed by atoms with Crippen molar-refractivity contribution in [3.8, 4) is 5.75 Å². The topological polar surface area (TPSA) is 64.4 Å². The molecule has 0 fully saturated rings. The first-order valence-electron chi connectivity index (χ1n) is 6.17. The van der Waals surface area contributed by atoms with Crippen LogP contribution in [0.2, 0.25) is 0 Å². The van der Waals surface area contributed by atoms with Gasteiger partial charge in [0, 0.05) is 6.04 Å². The van der Waals surface area contributed by atoms with Gasteiger partial charge < -0.3 is 9.84 Å². The Morgan fingerprint density at radius 1 is 1.45 bits per heavy atom. The summed E-state index contributed by atoms with van der Waals surface area (Å²) in [5.41, 5.74) is 0.478. The number of aromatic nitrogens is 2. The first-order valence-corrected chi connectivity index (χ1v) is 6.17. The third kappa shape index (κ3) is 2.79. The highest BCUT2D eigenvalue weighted by Gasteiger charge is 2.19. The monoisotopic (exact) mass is 278 g/mol. The lowest BCUT2D eigenvalue weighted by atomic mass is 10.2. The molecular weight excluding hydrogens is 263 g/mol. The lowest BCUT2D eigenvalue weighted by Crippen LogP contribution is -2.13. The van der Waals surface area contributed by atoms with Gasteiger partial charge in [-0.05, 0) is 26.0 Å². The molecule has 0 atom stereocenters. The fourth-order valence-electron chi connectivity index (χ4n) is 1.86. The lowest BCUT2D eigenvalue weighted by molar-refractivity contribution is 0.0693. The van der Waals surface area contributed by atoms with Gasteiger partial charge >= 0.3 is 5.97 Å². The van der Waals surface area contributed by atoms with Crippen LogP contribution in [0, 0.1) is 5.82 Å². The van der Waals surface area contributed by atoms with Gasteiger partial charge in [-0.15, -0.1) is 0 Å². The number of para-hydroxylation sites is 1. The molecule has 1 aromatic carbocycles. The maximum Gasteiger partial charge on any atom is 0.339 e. The highest BCUT2D eigenvalue weighted by molar-refractivity contribution is 5.88. The quantitative estimate of drug-likeness (QED) is 0.913. The van der Waals surface area contributed by atoms with Crippen LogP contribution >= 0.6 is 0 Å². The smallest absolute Gasteiger partial charge is 0.339 e. The SMILES string of the molecule is CC(C)n1ncc(C(=O)O)c1COc1ccccc1F. The number of ether oxygens (including phenoxy) is 1. The third-order valence-corrected chi connectivity index (χ3v) is 2.82. The number of halogens is 1. The Hall–Kier alpha value is -2.37. The summed E-state index contributed by atoms with van der Waals surface area (Å²) < 4.78 is 20.4. The zero-order valence-electron chi connectivity index (χ0n) is 11.2. The molecule has 106 valence electrons. The van der Waals surface area contributed by atoms with Crippen LogP contribution in [0.4, 0.5) is 4.39 Å². The number of benzene rings is 1. The minimum absolute atomic E-state index is 0.0117. The van der Waals surface area contributed by atoms with Gasteiger partial charge in [0.15, 0.2) is 11.6 Å². The molecule has 2 rings (SSSR count). The van der Waals surface area contributed by atoms with Crippen molar-refractivity contribution in [1.82, 2.24) is 9.78 Å². The van der Waals surface area contributed by atoms with Crippen LogP contribution in [-0.4, -0.2) is 20.9 Å². The molecule has 0 saturated carbocycles. The standard InChI is InChI=1S/C14H15FN2O3/c1-9(2)17-12(10(7-16-17)14(18)19)8-20-13-6-4-3-5-11(13)15/h3-7,9H,8H2,1-2H3,(H,18,19). The molecule has 20 heavy (non-hydrogen) atoms. The average molecular weight is 278 g/mol. The van der Waals surface area contributed by atoms with E-state index in [9.17, 15) is 9.18 Å². The molecular formula is C14H15FN2O3. The second-order valence-corrected chi connectivity index (χ2v) is 4.57. The van der Waals surface area contributed by atoms with E-state index in [2.05, 4.69) is 5.10 Å². The van der Waals surface area contributed by atoms with Gasteiger partial charge in [-0.3, -0.25) is 4.68 Å². The molecule has 0 spiro atoms. The summed E-state index contributed by atoms with van der Waals surface area (Å²) in [4.78, 5) is 11.2. The van der Waals surface area contributed by atoms with Crippen LogP contribution in [0.1, 0.15) is 35.9 Å². The van der Waals surface area contributed by atoms with Crippen LogP contribution in [0.5, 0.6) is 5.75 Å². The summed E-state index contributed by atoms with van der Waals surface area (Å²) in [5.74, 6) is -1.48. The molecule has 0 aliphatic heterocycles. The lowest BCUT2D eigenvalue weighted by Gasteiger charge is -2.13. The number of hydrogen-bond donors (Lipinski definition) is 1. The number of carboxylic acids is 1. The van der Waals surface area contributed by atoms with E-state index >= 15 is 0 Å². The van der Waals surface area contributed by atoms with Crippen LogP contribution in [0.25, 0.3) is 0 Å². The van der Waals surface area contributed by atoms with Crippen LogP contribution in [-0.2, 0) is 6.61 Å². The van der Waals surface area contributed by atoms with Crippen LogP contribution in [0.15, 0.2) is 30.5 Å². The van der Waals surface area contributed by atoms with Crippen molar-refractivity contribution in [2.45, 2.75) is 26.5 Å². The Labute approximate surface area is 115 Å². The highest BCUT2D eigenvalue weighted by atomic mass is 19.1. The summed E-state index contributed by atoms with van der Waals surface area (Å²) >= 11 is 0. The molecule has 2 aromatic rings. The Morgan fingerprint density at radius 3 is 2.75 bits per heavy atom. The predicted molar refractivity (Wildman–Crippen MR) is 70.3 cm³/mol. The normalized spacial score (nSPS) is 10.8. The van der Waals surface area contributed by atoms with E-state index in [0.29, 0.717) is 5.69 Å². The molecule has 0 unspecified atom stereocenters. The predicted octanol–water partition coefficient (Wildman–Crippen LogP) is 2.88. The number of aromatic carboxylic acids is 1. The molecule has 6 heteroatoms. The van der Waals surface area contributed by atoms with E-state index in [1.165, 1.54) is 18.3 Å². The van der Waals surface area contributed by atoms with Crippen molar-refractivity contribution in [3.63, 3.8) is 0 Å². The number of hydrogen-bond acceptors (Lipinski definition) is 3. The molecule has 1 heterocycles. The summed E-state index contributed by atoms with van der Waals surface area (Å²) in [5, 5.41) is 13.2. The van der Waals surface area contributed by atoms with Gasteiger partial charge in [-0.1, -0.05) is 12.1 Å². The number of carboxylic acid groups (broad SMARTS) is 1. The Balaban J connectivity index is 2.26. The van der Waals surface area contributed by atoms with E-state index in [1.54, 1.807) is 16.8 Å². The summed E-state index contributed by atoms with van der Waals surface area (Å²) in [6.07, 6.45) is 1.28. The zero-order valence-corrected chi connectivity index (χ0v) is 11.2. The largest absolute Gasteiger partial charge is 0.484 e. The van der Waals surface area contributed by atoms with E-state index in [0.717, 1.165) is 0 Å². The summed E-state index contributed by atoms with van der Waals surface area (Å²) in [7, 11) is 0. The zero-order chi connectivity index (χ0) is 14.7. The fourth-order valence-corrected chi connectivity index (χ4v) is 1.86. The van der Waals surface area contributed by atoms with Gasteiger partial charge in [0.05, 0.1) is 11.9 Å². The molecule has 0 amide bonds. The van der Waals surface area contributed by atoms with Crippen LogP contribution in [0.3, 0.4) is 0 Å². The van der Waals surface area contributed by atoms with Gasteiger partial charge in [-0.2, -0.15) is 5.10 Å². The molecule has 0 radical (unpaired) electrons. The van der Waals surface area contributed by atoms with E-state index < -0.39 is 11.8 Å². The van der Waals surface area contributed by atoms with Gasteiger partial charge in [0.25, 0.3) is 0 Å². The van der Waals surface area contributed by atoms with Crippen molar-refractivity contribution in [2.24, 2.45) is 0 Å². The average Bonchev–Trinajstić information content (AvgIpc) is 2.82. The van der Waals surface area contributed by atoms with E-state index in [4.69, 9.17) is 9.84 Å². The number of rotatable bonds is 5. The molecule has 5 nitrogen and oxygen atoms in total. The minimum Gasteiger partial charge on any atom is -0.484 e. The van der Waals surface area contributed by atoms with Gasteiger partial charge in [-0.25, -0.2) is 9.18 Å². The van der Waals surface area contributed by atoms with Crippen molar-refractivity contribution >= 4 is 5.97 Å². The Bertz CT molecular complexity index is 623. The molecule has 0 aliphatic rings. The van der Waals surface area contributed by atoms with Crippen molar-refractivity contribution < 1.29 is 19.0 Å². The van der Waals surface area contributed by atoms with Gasteiger partial charge in [0.2, 0.25) is 0 Å². The van der Waals surface area contributed by atoms with Crippen molar-refractivity contribution in [3.05, 3.63) is 47.5 Å². The summed E-state index contributed by atoms with van der Waals surface area (Å²) in [6, 6.07) is 5.97. The first-order chi connectivity index (χ1) is 9.50. The second kappa shape index (κ2) is 5.73. The molecule has 1 aromatic heterocycles. The number of carbonyl (C=O) groups is 1. The Kier molecular flexibility index (Phi) is 4.02. The fraction of sp³-hybridized carbons (Fsp3) is 0.286. The Morgan fingerprint density at radius 2 is 2.15 bits per heavy atom.